The van der Waals surface area contributed by atoms with E-state index in [1.54, 1.807) is 18.2 Å². The van der Waals surface area contributed by atoms with E-state index in [1.807, 2.05) is 0 Å². The summed E-state index contributed by atoms with van der Waals surface area (Å²) in [4.78, 5) is 12.2. The van der Waals surface area contributed by atoms with Crippen molar-refractivity contribution >= 4 is 29.0 Å². The number of benzene rings is 1. The van der Waals surface area contributed by atoms with Crippen molar-refractivity contribution in [3.05, 3.63) is 33.8 Å². The van der Waals surface area contributed by atoms with Gasteiger partial charge in [-0.2, -0.15) is 0 Å². The first kappa shape index (κ1) is 11.9. The second-order valence-corrected chi connectivity index (χ2v) is 4.64. The molecule has 1 fully saturated rings. The van der Waals surface area contributed by atoms with E-state index < -0.39 is 0 Å². The maximum absolute atomic E-state index is 12.2. The predicted molar refractivity (Wildman–Crippen MR) is 64.3 cm³/mol. The Labute approximate surface area is 104 Å². The molecule has 1 aliphatic rings. The molecule has 0 radical (unpaired) electrons. The summed E-state index contributed by atoms with van der Waals surface area (Å²) in [5.41, 5.74) is 0.529. The first-order valence-corrected chi connectivity index (χ1v) is 6.01. The number of halogens is 2. The molecule has 2 rings (SSSR count). The second kappa shape index (κ2) is 5.17. The number of carbonyl (C=O) groups is 1. The molecule has 0 aliphatic carbocycles. The summed E-state index contributed by atoms with van der Waals surface area (Å²) in [7, 11) is 0. The summed E-state index contributed by atoms with van der Waals surface area (Å²) < 4.78 is 5.23. The number of ketones is 1. The van der Waals surface area contributed by atoms with Crippen molar-refractivity contribution in [2.75, 3.05) is 13.2 Å². The fraction of sp³-hybridized carbons (Fsp3) is 0.417. The molecule has 0 atom stereocenters. The van der Waals surface area contributed by atoms with Gasteiger partial charge >= 0.3 is 0 Å². The standard InChI is InChI=1S/C12H12Cl2O2/c13-10-3-1-2-9(11(10)14)12(15)8-4-6-16-7-5-8/h1-3,8H,4-7H2. The van der Waals surface area contributed by atoms with Crippen molar-refractivity contribution < 1.29 is 9.53 Å². The van der Waals surface area contributed by atoms with Crippen molar-refractivity contribution in [1.29, 1.82) is 0 Å². The smallest absolute Gasteiger partial charge is 0.167 e. The molecule has 1 aromatic rings. The molecule has 1 saturated heterocycles. The maximum atomic E-state index is 12.2. The van der Waals surface area contributed by atoms with Crippen LogP contribution < -0.4 is 0 Å². The zero-order chi connectivity index (χ0) is 11.5. The van der Waals surface area contributed by atoms with E-state index in [9.17, 15) is 4.79 Å². The molecule has 0 bridgehead atoms. The number of hydrogen-bond donors (Lipinski definition) is 0. The van der Waals surface area contributed by atoms with Crippen LogP contribution in [0.3, 0.4) is 0 Å². The Kier molecular flexibility index (Phi) is 3.85. The molecule has 1 aliphatic heterocycles. The summed E-state index contributed by atoms with van der Waals surface area (Å²) in [5.74, 6) is 0.0977. The van der Waals surface area contributed by atoms with Gasteiger partial charge in [0.05, 0.1) is 10.0 Å². The van der Waals surface area contributed by atoms with Gasteiger partial charge in [-0.25, -0.2) is 0 Å². The predicted octanol–water partition coefficient (Wildman–Crippen LogP) is 3.60. The average Bonchev–Trinajstić information content (AvgIpc) is 2.33. The van der Waals surface area contributed by atoms with Crippen molar-refractivity contribution in [2.45, 2.75) is 12.8 Å². The van der Waals surface area contributed by atoms with Crippen molar-refractivity contribution in [3.8, 4) is 0 Å². The molecule has 0 spiro atoms. The van der Waals surface area contributed by atoms with E-state index in [2.05, 4.69) is 0 Å². The Hall–Kier alpha value is -0.570. The highest BCUT2D eigenvalue weighted by atomic mass is 35.5. The van der Waals surface area contributed by atoms with Crippen LogP contribution in [0.4, 0.5) is 0 Å². The quantitative estimate of drug-likeness (QED) is 0.758. The van der Waals surface area contributed by atoms with Crippen LogP contribution in [0.1, 0.15) is 23.2 Å². The van der Waals surface area contributed by atoms with Crippen molar-refractivity contribution in [1.82, 2.24) is 0 Å². The molecule has 0 unspecified atom stereocenters. The normalized spacial score (nSPS) is 17.4. The molecule has 86 valence electrons. The highest BCUT2D eigenvalue weighted by molar-refractivity contribution is 6.43. The van der Waals surface area contributed by atoms with Crippen LogP contribution in [0, 0.1) is 5.92 Å². The van der Waals surface area contributed by atoms with Gasteiger partial charge in [0.15, 0.2) is 5.78 Å². The zero-order valence-electron chi connectivity index (χ0n) is 8.71. The largest absolute Gasteiger partial charge is 0.381 e. The van der Waals surface area contributed by atoms with Gasteiger partial charge in [0.1, 0.15) is 0 Å². The molecular weight excluding hydrogens is 247 g/mol. The van der Waals surface area contributed by atoms with Gasteiger partial charge in [-0.3, -0.25) is 4.79 Å². The summed E-state index contributed by atoms with van der Waals surface area (Å²) in [6.07, 6.45) is 1.53. The van der Waals surface area contributed by atoms with E-state index in [4.69, 9.17) is 27.9 Å². The van der Waals surface area contributed by atoms with Gasteiger partial charge in [-0.1, -0.05) is 29.3 Å². The Bertz CT molecular complexity index is 398. The average molecular weight is 259 g/mol. The molecule has 0 saturated carbocycles. The van der Waals surface area contributed by atoms with E-state index in [1.165, 1.54) is 0 Å². The maximum Gasteiger partial charge on any atom is 0.167 e. The SMILES string of the molecule is O=C(c1cccc(Cl)c1Cl)C1CCOCC1. The van der Waals surface area contributed by atoms with Gasteiger partial charge < -0.3 is 4.74 Å². The van der Waals surface area contributed by atoms with E-state index in [-0.39, 0.29) is 11.7 Å². The van der Waals surface area contributed by atoms with Crippen LogP contribution in [-0.4, -0.2) is 19.0 Å². The number of carbonyl (C=O) groups excluding carboxylic acids is 1. The highest BCUT2D eigenvalue weighted by Gasteiger charge is 2.24. The Balaban J connectivity index is 2.22. The lowest BCUT2D eigenvalue weighted by Crippen LogP contribution is -2.23. The van der Waals surface area contributed by atoms with E-state index in [0.717, 1.165) is 12.8 Å². The summed E-state index contributed by atoms with van der Waals surface area (Å²) in [5, 5.41) is 0.792. The number of Topliss-reactive ketones (excluding diaryl/α,β-unsaturated/α-hetero) is 1. The minimum atomic E-state index is 0.0183. The topological polar surface area (TPSA) is 26.3 Å². The fourth-order valence-corrected chi connectivity index (χ4v) is 2.27. The summed E-state index contributed by atoms with van der Waals surface area (Å²) in [6, 6.07) is 5.16. The van der Waals surface area contributed by atoms with Gasteiger partial charge in [0.2, 0.25) is 0 Å². The van der Waals surface area contributed by atoms with Crippen LogP contribution in [0.5, 0.6) is 0 Å². The molecule has 0 aromatic heterocycles. The van der Waals surface area contributed by atoms with Gasteiger partial charge in [-0.05, 0) is 25.0 Å². The number of rotatable bonds is 2. The fourth-order valence-electron chi connectivity index (χ4n) is 1.87. The van der Waals surface area contributed by atoms with Crippen LogP contribution in [-0.2, 0) is 4.74 Å². The van der Waals surface area contributed by atoms with Crippen LogP contribution >= 0.6 is 23.2 Å². The van der Waals surface area contributed by atoms with Crippen LogP contribution in [0.15, 0.2) is 18.2 Å². The van der Waals surface area contributed by atoms with Gasteiger partial charge in [0, 0.05) is 24.7 Å². The van der Waals surface area contributed by atoms with Crippen LogP contribution in [0.25, 0.3) is 0 Å². The van der Waals surface area contributed by atoms with E-state index >= 15 is 0 Å². The molecule has 2 nitrogen and oxygen atoms in total. The molecule has 0 amide bonds. The zero-order valence-corrected chi connectivity index (χ0v) is 10.2. The second-order valence-electron chi connectivity index (χ2n) is 3.85. The third-order valence-electron chi connectivity index (χ3n) is 2.81. The molecule has 1 aromatic carbocycles. The first-order valence-electron chi connectivity index (χ1n) is 5.26. The number of hydrogen-bond acceptors (Lipinski definition) is 2. The van der Waals surface area contributed by atoms with Gasteiger partial charge in [0.25, 0.3) is 0 Å². The first-order chi connectivity index (χ1) is 7.70. The van der Waals surface area contributed by atoms with Crippen molar-refractivity contribution in [3.63, 3.8) is 0 Å². The van der Waals surface area contributed by atoms with E-state index in [0.29, 0.717) is 28.8 Å². The number of ether oxygens (including phenoxy) is 1. The molecule has 0 N–H and O–H groups in total. The Morgan fingerprint density at radius 3 is 2.62 bits per heavy atom. The minimum absolute atomic E-state index is 0.0183. The lowest BCUT2D eigenvalue weighted by atomic mass is 9.91. The summed E-state index contributed by atoms with van der Waals surface area (Å²) in [6.45, 7) is 1.29. The monoisotopic (exact) mass is 258 g/mol. The lowest BCUT2D eigenvalue weighted by molar-refractivity contribution is 0.0545. The lowest BCUT2D eigenvalue weighted by Gasteiger charge is -2.21. The third-order valence-corrected chi connectivity index (χ3v) is 3.63. The molecular formula is C12H12Cl2O2. The Morgan fingerprint density at radius 1 is 1.25 bits per heavy atom. The summed E-state index contributed by atoms with van der Waals surface area (Å²) >= 11 is 11.9. The van der Waals surface area contributed by atoms with Crippen molar-refractivity contribution in [2.24, 2.45) is 5.92 Å². The molecule has 4 heteroatoms. The molecule has 16 heavy (non-hydrogen) atoms. The molecule has 1 heterocycles. The highest BCUT2D eigenvalue weighted by Crippen LogP contribution is 2.29. The van der Waals surface area contributed by atoms with Crippen LogP contribution in [0.2, 0.25) is 10.0 Å². The Morgan fingerprint density at radius 2 is 1.94 bits per heavy atom. The third kappa shape index (κ3) is 2.40. The minimum Gasteiger partial charge on any atom is -0.381 e. The van der Waals surface area contributed by atoms with Gasteiger partial charge in [-0.15, -0.1) is 0 Å².